The highest BCUT2D eigenvalue weighted by Gasteiger charge is 2.20. The monoisotopic (exact) mass is 274 g/mol. The molecule has 5 nitrogen and oxygen atoms in total. The fourth-order valence-electron chi connectivity index (χ4n) is 2.17. The van der Waals surface area contributed by atoms with Crippen LogP contribution < -0.4 is 11.1 Å². The fourth-order valence-corrected chi connectivity index (χ4v) is 2.17. The molecule has 0 heterocycles. The maximum atomic E-state index is 10.8. The van der Waals surface area contributed by atoms with E-state index in [9.17, 15) is 15.0 Å². The number of carbonyl (C=O) groups excluding carboxylic acids is 1. The summed E-state index contributed by atoms with van der Waals surface area (Å²) in [6.07, 6.45) is -2.17. The van der Waals surface area contributed by atoms with Gasteiger partial charge in [0.15, 0.2) is 0 Å². The van der Waals surface area contributed by atoms with Gasteiger partial charge in [0.1, 0.15) is 12.2 Å². The number of anilines is 1. The molecule has 1 amide bonds. The largest absolute Gasteiger partial charge is 0.398 e. The molecular weight excluding hydrogens is 256 g/mol. The smallest absolute Gasteiger partial charge is 0.216 e. The summed E-state index contributed by atoms with van der Waals surface area (Å²) in [4.78, 5) is 10.8. The van der Waals surface area contributed by atoms with Gasteiger partial charge in [-0.2, -0.15) is 0 Å². The van der Waals surface area contributed by atoms with Crippen LogP contribution in [-0.2, 0) is 4.79 Å². The van der Waals surface area contributed by atoms with Crippen molar-refractivity contribution in [2.45, 2.75) is 19.1 Å². The van der Waals surface area contributed by atoms with E-state index in [4.69, 9.17) is 5.73 Å². The molecule has 0 aromatic heterocycles. The summed E-state index contributed by atoms with van der Waals surface area (Å²) in [5, 5.41) is 24.3. The first-order chi connectivity index (χ1) is 9.50. The van der Waals surface area contributed by atoms with Gasteiger partial charge in [-0.25, -0.2) is 0 Å². The van der Waals surface area contributed by atoms with Gasteiger partial charge < -0.3 is 21.3 Å². The number of benzene rings is 2. The van der Waals surface area contributed by atoms with Crippen molar-refractivity contribution in [2.24, 2.45) is 0 Å². The molecule has 2 rings (SSSR count). The lowest BCUT2D eigenvalue weighted by Gasteiger charge is -2.20. The van der Waals surface area contributed by atoms with E-state index in [0.717, 1.165) is 10.8 Å². The maximum absolute atomic E-state index is 10.8. The molecule has 0 bridgehead atoms. The van der Waals surface area contributed by atoms with Gasteiger partial charge in [-0.3, -0.25) is 4.79 Å². The molecule has 0 spiro atoms. The molecule has 5 N–H and O–H groups in total. The molecular formula is C15H18N2O3. The van der Waals surface area contributed by atoms with Crippen LogP contribution in [-0.4, -0.2) is 28.8 Å². The quantitative estimate of drug-likeness (QED) is 0.624. The standard InChI is InChI=1S/C15H18N2O3/c1-9(18)17-8-14(19)15(20)12-6-7-13(16)11-5-3-2-4-10(11)12/h2-7,14-15,19-20H,8,16H2,1H3,(H,17,18). The van der Waals surface area contributed by atoms with Gasteiger partial charge in [0.2, 0.25) is 5.91 Å². The Bertz CT molecular complexity index is 628. The number of amides is 1. The Hall–Kier alpha value is -2.11. The molecule has 5 heteroatoms. The molecule has 0 aliphatic carbocycles. The van der Waals surface area contributed by atoms with Crippen LogP contribution in [0.15, 0.2) is 36.4 Å². The van der Waals surface area contributed by atoms with Gasteiger partial charge in [0.25, 0.3) is 0 Å². The second-order valence-corrected chi connectivity index (χ2v) is 4.74. The highest BCUT2D eigenvalue weighted by atomic mass is 16.3. The number of hydrogen-bond acceptors (Lipinski definition) is 4. The van der Waals surface area contributed by atoms with Gasteiger partial charge in [-0.05, 0) is 17.0 Å². The van der Waals surface area contributed by atoms with Crippen molar-refractivity contribution in [3.63, 3.8) is 0 Å². The average Bonchev–Trinajstić information content (AvgIpc) is 2.44. The highest BCUT2D eigenvalue weighted by molar-refractivity contribution is 5.95. The zero-order valence-electron chi connectivity index (χ0n) is 11.2. The second-order valence-electron chi connectivity index (χ2n) is 4.74. The summed E-state index contributed by atoms with van der Waals surface area (Å²) < 4.78 is 0. The summed E-state index contributed by atoms with van der Waals surface area (Å²) in [7, 11) is 0. The van der Waals surface area contributed by atoms with Crippen LogP contribution in [0, 0.1) is 0 Å². The third-order valence-electron chi connectivity index (χ3n) is 3.23. The van der Waals surface area contributed by atoms with Crippen molar-refractivity contribution in [1.82, 2.24) is 5.32 Å². The van der Waals surface area contributed by atoms with E-state index in [1.165, 1.54) is 6.92 Å². The number of nitrogen functional groups attached to an aromatic ring is 1. The minimum absolute atomic E-state index is 0.00476. The van der Waals surface area contributed by atoms with E-state index < -0.39 is 12.2 Å². The molecule has 2 unspecified atom stereocenters. The van der Waals surface area contributed by atoms with Crippen LogP contribution in [0.25, 0.3) is 10.8 Å². The maximum Gasteiger partial charge on any atom is 0.216 e. The Morgan fingerprint density at radius 3 is 2.50 bits per heavy atom. The molecule has 0 radical (unpaired) electrons. The van der Waals surface area contributed by atoms with Gasteiger partial charge >= 0.3 is 0 Å². The van der Waals surface area contributed by atoms with E-state index in [1.807, 2.05) is 24.3 Å². The zero-order valence-corrected chi connectivity index (χ0v) is 11.2. The molecule has 2 aromatic carbocycles. The van der Waals surface area contributed by atoms with Crippen molar-refractivity contribution in [3.8, 4) is 0 Å². The summed E-state index contributed by atoms with van der Waals surface area (Å²) in [6.45, 7) is 1.35. The number of fused-ring (bicyclic) bond motifs is 1. The molecule has 0 aliphatic rings. The van der Waals surface area contributed by atoms with Crippen LogP contribution in [0.1, 0.15) is 18.6 Å². The summed E-state index contributed by atoms with van der Waals surface area (Å²) in [6, 6.07) is 10.8. The molecule has 0 fully saturated rings. The van der Waals surface area contributed by atoms with Crippen LogP contribution in [0.5, 0.6) is 0 Å². The molecule has 106 valence electrons. The van der Waals surface area contributed by atoms with E-state index in [1.54, 1.807) is 12.1 Å². The third-order valence-corrected chi connectivity index (χ3v) is 3.23. The number of nitrogens with two attached hydrogens (primary N) is 1. The first-order valence-corrected chi connectivity index (χ1v) is 6.38. The zero-order chi connectivity index (χ0) is 14.7. The van der Waals surface area contributed by atoms with Crippen molar-refractivity contribution in [1.29, 1.82) is 0 Å². The predicted molar refractivity (Wildman–Crippen MR) is 78.0 cm³/mol. The lowest BCUT2D eigenvalue weighted by molar-refractivity contribution is -0.119. The first-order valence-electron chi connectivity index (χ1n) is 6.38. The third kappa shape index (κ3) is 2.89. The average molecular weight is 274 g/mol. The Kier molecular flexibility index (Phi) is 4.22. The van der Waals surface area contributed by atoms with Crippen LogP contribution in [0.3, 0.4) is 0 Å². The van der Waals surface area contributed by atoms with Crippen molar-refractivity contribution in [2.75, 3.05) is 12.3 Å². The first kappa shape index (κ1) is 14.3. The van der Waals surface area contributed by atoms with Crippen LogP contribution in [0.4, 0.5) is 5.69 Å². The number of hydrogen-bond donors (Lipinski definition) is 4. The topological polar surface area (TPSA) is 95.6 Å². The van der Waals surface area contributed by atoms with Crippen molar-refractivity contribution in [3.05, 3.63) is 42.0 Å². The van der Waals surface area contributed by atoms with Gasteiger partial charge in [-0.1, -0.05) is 30.3 Å². The van der Waals surface area contributed by atoms with Gasteiger partial charge in [0, 0.05) is 24.5 Å². The number of nitrogens with one attached hydrogen (secondary N) is 1. The molecule has 2 atom stereocenters. The lowest BCUT2D eigenvalue weighted by Crippen LogP contribution is -2.34. The summed E-state index contributed by atoms with van der Waals surface area (Å²) in [5.74, 6) is -0.251. The van der Waals surface area contributed by atoms with E-state index >= 15 is 0 Å². The minimum atomic E-state index is -1.09. The van der Waals surface area contributed by atoms with Crippen LogP contribution >= 0.6 is 0 Å². The molecule has 20 heavy (non-hydrogen) atoms. The number of aliphatic hydroxyl groups excluding tert-OH is 2. The molecule has 0 saturated heterocycles. The van der Waals surface area contributed by atoms with Crippen molar-refractivity contribution >= 4 is 22.4 Å². The SMILES string of the molecule is CC(=O)NCC(O)C(O)c1ccc(N)c2ccccc12. The second kappa shape index (κ2) is 5.90. The van der Waals surface area contributed by atoms with Crippen molar-refractivity contribution < 1.29 is 15.0 Å². The summed E-state index contributed by atoms with van der Waals surface area (Å²) in [5.41, 5.74) is 7.11. The highest BCUT2D eigenvalue weighted by Crippen LogP contribution is 2.29. The Labute approximate surface area is 117 Å². The fraction of sp³-hybridized carbons (Fsp3) is 0.267. The Morgan fingerprint density at radius 2 is 1.85 bits per heavy atom. The molecule has 0 saturated carbocycles. The molecule has 2 aromatic rings. The minimum Gasteiger partial charge on any atom is -0.398 e. The normalized spacial score (nSPS) is 13.9. The van der Waals surface area contributed by atoms with Crippen LogP contribution in [0.2, 0.25) is 0 Å². The number of rotatable bonds is 4. The predicted octanol–water partition coefficient (Wildman–Crippen LogP) is 0.952. The Balaban J connectivity index is 2.32. The van der Waals surface area contributed by atoms with E-state index in [2.05, 4.69) is 5.32 Å². The molecule has 0 aliphatic heterocycles. The van der Waals surface area contributed by atoms with Gasteiger partial charge in [0.05, 0.1) is 0 Å². The summed E-state index contributed by atoms with van der Waals surface area (Å²) >= 11 is 0. The lowest BCUT2D eigenvalue weighted by atomic mass is 9.96. The van der Waals surface area contributed by atoms with E-state index in [0.29, 0.717) is 11.3 Å². The number of carbonyl (C=O) groups is 1. The Morgan fingerprint density at radius 1 is 1.20 bits per heavy atom. The van der Waals surface area contributed by atoms with Gasteiger partial charge in [-0.15, -0.1) is 0 Å². The van der Waals surface area contributed by atoms with E-state index in [-0.39, 0.29) is 12.5 Å². The number of aliphatic hydroxyl groups is 2.